The Labute approximate surface area is 170 Å². The van der Waals surface area contributed by atoms with Gasteiger partial charge in [-0.15, -0.1) is 0 Å². The zero-order valence-electron chi connectivity index (χ0n) is 16.5. The Balaban J connectivity index is 1.58. The predicted octanol–water partition coefficient (Wildman–Crippen LogP) is 5.54. The van der Waals surface area contributed by atoms with E-state index < -0.39 is 0 Å². The van der Waals surface area contributed by atoms with Gasteiger partial charge < -0.3 is 10.1 Å². The second kappa shape index (κ2) is 8.15. The highest BCUT2D eigenvalue weighted by Gasteiger charge is 2.11. The summed E-state index contributed by atoms with van der Waals surface area (Å²) >= 11 is 0. The zero-order chi connectivity index (χ0) is 20.2. The molecule has 1 amide bonds. The maximum Gasteiger partial charge on any atom is 0.262 e. The van der Waals surface area contributed by atoms with Gasteiger partial charge in [0, 0.05) is 22.7 Å². The SMILES string of the molecule is Cc1ccc(C)c(NC(=O)COc2cc(-c3ccccc3)nc3ccccc23)c1. The number of aromatic nitrogens is 1. The third kappa shape index (κ3) is 4.27. The van der Waals surface area contributed by atoms with E-state index in [1.54, 1.807) is 0 Å². The fourth-order valence-electron chi connectivity index (χ4n) is 3.22. The summed E-state index contributed by atoms with van der Waals surface area (Å²) in [6.45, 7) is 3.90. The zero-order valence-corrected chi connectivity index (χ0v) is 16.5. The second-order valence-electron chi connectivity index (χ2n) is 7.04. The van der Waals surface area contributed by atoms with Gasteiger partial charge in [-0.25, -0.2) is 4.98 Å². The van der Waals surface area contributed by atoms with Crippen LogP contribution in [-0.2, 0) is 4.79 Å². The number of rotatable bonds is 5. The number of pyridine rings is 1. The van der Waals surface area contributed by atoms with Crippen LogP contribution in [0, 0.1) is 13.8 Å². The molecule has 3 aromatic carbocycles. The Morgan fingerprint density at radius 3 is 2.52 bits per heavy atom. The van der Waals surface area contributed by atoms with E-state index in [-0.39, 0.29) is 12.5 Å². The maximum atomic E-state index is 12.5. The van der Waals surface area contributed by atoms with Crippen LogP contribution in [0.1, 0.15) is 11.1 Å². The fourth-order valence-corrected chi connectivity index (χ4v) is 3.22. The minimum atomic E-state index is -0.194. The molecule has 4 aromatic rings. The lowest BCUT2D eigenvalue weighted by atomic mass is 10.1. The number of hydrogen-bond acceptors (Lipinski definition) is 3. The Morgan fingerprint density at radius 1 is 0.931 bits per heavy atom. The number of nitrogens with one attached hydrogen (secondary N) is 1. The monoisotopic (exact) mass is 382 g/mol. The first-order valence-corrected chi connectivity index (χ1v) is 9.55. The molecule has 29 heavy (non-hydrogen) atoms. The first-order chi connectivity index (χ1) is 14.1. The number of carbonyl (C=O) groups is 1. The molecule has 0 bridgehead atoms. The lowest BCUT2D eigenvalue weighted by Crippen LogP contribution is -2.20. The number of carbonyl (C=O) groups excluding carboxylic acids is 1. The highest BCUT2D eigenvalue weighted by molar-refractivity contribution is 5.93. The van der Waals surface area contributed by atoms with Crippen molar-refractivity contribution in [1.29, 1.82) is 0 Å². The number of hydrogen-bond donors (Lipinski definition) is 1. The summed E-state index contributed by atoms with van der Waals surface area (Å²) in [6, 6.07) is 25.6. The Bertz CT molecular complexity index is 1170. The van der Waals surface area contributed by atoms with Gasteiger partial charge in [-0.3, -0.25) is 4.79 Å². The summed E-state index contributed by atoms with van der Waals surface area (Å²) in [5.41, 5.74) is 5.57. The average Bonchev–Trinajstić information content (AvgIpc) is 2.75. The van der Waals surface area contributed by atoms with Crippen molar-refractivity contribution in [2.75, 3.05) is 11.9 Å². The van der Waals surface area contributed by atoms with E-state index in [1.165, 1.54) is 0 Å². The number of aryl methyl sites for hydroxylation is 2. The largest absolute Gasteiger partial charge is 0.483 e. The minimum Gasteiger partial charge on any atom is -0.483 e. The lowest BCUT2D eigenvalue weighted by molar-refractivity contribution is -0.118. The number of amides is 1. The average molecular weight is 382 g/mol. The van der Waals surface area contributed by atoms with E-state index in [9.17, 15) is 4.79 Å². The second-order valence-corrected chi connectivity index (χ2v) is 7.04. The van der Waals surface area contributed by atoms with Crippen LogP contribution in [0.3, 0.4) is 0 Å². The van der Waals surface area contributed by atoms with Crippen LogP contribution in [0.5, 0.6) is 5.75 Å². The molecule has 4 heteroatoms. The molecule has 1 heterocycles. The van der Waals surface area contributed by atoms with Gasteiger partial charge in [0.15, 0.2) is 6.61 Å². The summed E-state index contributed by atoms with van der Waals surface area (Å²) in [5.74, 6) is 0.450. The molecule has 0 fully saturated rings. The minimum absolute atomic E-state index is 0.0738. The van der Waals surface area contributed by atoms with E-state index in [2.05, 4.69) is 5.32 Å². The van der Waals surface area contributed by atoms with Crippen molar-refractivity contribution in [3.8, 4) is 17.0 Å². The molecule has 144 valence electrons. The standard InChI is InChI=1S/C25H22N2O2/c1-17-12-13-18(2)22(14-17)27-25(28)16-29-24-15-23(19-8-4-3-5-9-19)26-21-11-7-6-10-20(21)24/h3-15H,16H2,1-2H3,(H,27,28). The molecule has 0 aliphatic heterocycles. The molecule has 0 aliphatic rings. The summed E-state index contributed by atoms with van der Waals surface area (Å²) in [4.78, 5) is 17.2. The number of fused-ring (bicyclic) bond motifs is 1. The summed E-state index contributed by atoms with van der Waals surface area (Å²) in [5, 5.41) is 3.82. The van der Waals surface area contributed by atoms with E-state index in [1.807, 2.05) is 92.7 Å². The van der Waals surface area contributed by atoms with Gasteiger partial charge >= 0.3 is 0 Å². The van der Waals surface area contributed by atoms with E-state index in [4.69, 9.17) is 9.72 Å². The molecule has 4 nitrogen and oxygen atoms in total. The van der Waals surface area contributed by atoms with Crippen molar-refractivity contribution in [3.05, 3.63) is 90.0 Å². The van der Waals surface area contributed by atoms with E-state index in [0.717, 1.165) is 39.0 Å². The number of nitrogens with zero attached hydrogens (tertiary/aromatic N) is 1. The van der Waals surface area contributed by atoms with Crippen LogP contribution in [-0.4, -0.2) is 17.5 Å². The van der Waals surface area contributed by atoms with Crippen molar-refractivity contribution >= 4 is 22.5 Å². The summed E-state index contributed by atoms with van der Waals surface area (Å²) in [6.07, 6.45) is 0. The highest BCUT2D eigenvalue weighted by Crippen LogP contribution is 2.30. The van der Waals surface area contributed by atoms with Gasteiger partial charge in [0.05, 0.1) is 11.2 Å². The van der Waals surface area contributed by atoms with Crippen molar-refractivity contribution < 1.29 is 9.53 Å². The maximum absolute atomic E-state index is 12.5. The van der Waals surface area contributed by atoms with Gasteiger partial charge in [-0.1, -0.05) is 54.6 Å². The van der Waals surface area contributed by atoms with Gasteiger partial charge in [0.1, 0.15) is 5.75 Å². The van der Waals surface area contributed by atoms with Crippen LogP contribution in [0.25, 0.3) is 22.2 Å². The van der Waals surface area contributed by atoms with Gasteiger partial charge in [0.2, 0.25) is 0 Å². The number of ether oxygens (including phenoxy) is 1. The Kier molecular flexibility index (Phi) is 5.25. The number of anilines is 1. The molecule has 0 aliphatic carbocycles. The van der Waals surface area contributed by atoms with Crippen LogP contribution >= 0.6 is 0 Å². The van der Waals surface area contributed by atoms with Gasteiger partial charge in [-0.05, 0) is 43.2 Å². The van der Waals surface area contributed by atoms with Crippen molar-refractivity contribution in [2.24, 2.45) is 0 Å². The van der Waals surface area contributed by atoms with E-state index in [0.29, 0.717) is 5.75 Å². The van der Waals surface area contributed by atoms with Crippen LogP contribution < -0.4 is 10.1 Å². The van der Waals surface area contributed by atoms with Crippen LogP contribution in [0.4, 0.5) is 5.69 Å². The fraction of sp³-hybridized carbons (Fsp3) is 0.120. The third-order valence-electron chi connectivity index (χ3n) is 4.77. The Hall–Kier alpha value is -3.66. The molecule has 4 rings (SSSR count). The van der Waals surface area contributed by atoms with Crippen molar-refractivity contribution in [3.63, 3.8) is 0 Å². The molecule has 0 saturated heterocycles. The van der Waals surface area contributed by atoms with Crippen LogP contribution in [0.15, 0.2) is 78.9 Å². The summed E-state index contributed by atoms with van der Waals surface area (Å²) < 4.78 is 5.93. The third-order valence-corrected chi connectivity index (χ3v) is 4.77. The van der Waals surface area contributed by atoms with Crippen molar-refractivity contribution in [1.82, 2.24) is 4.98 Å². The Morgan fingerprint density at radius 2 is 1.69 bits per heavy atom. The highest BCUT2D eigenvalue weighted by atomic mass is 16.5. The first-order valence-electron chi connectivity index (χ1n) is 9.55. The number of benzene rings is 3. The molecule has 1 aromatic heterocycles. The molecule has 0 radical (unpaired) electrons. The van der Waals surface area contributed by atoms with Gasteiger partial charge in [-0.2, -0.15) is 0 Å². The first kappa shape index (κ1) is 18.7. The molecule has 0 saturated carbocycles. The molecule has 0 atom stereocenters. The van der Waals surface area contributed by atoms with Gasteiger partial charge in [0.25, 0.3) is 5.91 Å². The summed E-state index contributed by atoms with van der Waals surface area (Å²) in [7, 11) is 0. The quantitative estimate of drug-likeness (QED) is 0.493. The van der Waals surface area contributed by atoms with E-state index >= 15 is 0 Å². The molecule has 1 N–H and O–H groups in total. The topological polar surface area (TPSA) is 51.2 Å². The predicted molar refractivity (Wildman–Crippen MR) is 117 cm³/mol. The lowest BCUT2D eigenvalue weighted by Gasteiger charge is -2.13. The normalized spacial score (nSPS) is 10.7. The van der Waals surface area contributed by atoms with Crippen molar-refractivity contribution in [2.45, 2.75) is 13.8 Å². The smallest absolute Gasteiger partial charge is 0.262 e. The molecule has 0 spiro atoms. The molecular weight excluding hydrogens is 360 g/mol. The number of para-hydroxylation sites is 1. The molecular formula is C25H22N2O2. The molecule has 0 unspecified atom stereocenters. The van der Waals surface area contributed by atoms with Crippen LogP contribution in [0.2, 0.25) is 0 Å².